The Kier molecular flexibility index (Phi) is 3.42. The second-order valence-electron chi connectivity index (χ2n) is 4.62. The van der Waals surface area contributed by atoms with E-state index >= 15 is 0 Å². The molecule has 0 saturated carbocycles. The van der Waals surface area contributed by atoms with Gasteiger partial charge in [-0.25, -0.2) is 13.2 Å². The van der Waals surface area contributed by atoms with Crippen molar-refractivity contribution >= 4 is 21.9 Å². The van der Waals surface area contributed by atoms with Crippen molar-refractivity contribution in [3.8, 4) is 5.75 Å². The highest BCUT2D eigenvalue weighted by atomic mass is 32.2. The second kappa shape index (κ2) is 5.27. The minimum absolute atomic E-state index is 0.0278. The molecule has 0 aliphatic carbocycles. The van der Waals surface area contributed by atoms with E-state index in [1.54, 1.807) is 24.4 Å². The molecule has 0 bridgehead atoms. The maximum Gasteiger partial charge on any atom is 0.337 e. The van der Waals surface area contributed by atoms with Crippen molar-refractivity contribution in [1.82, 2.24) is 4.98 Å². The van der Waals surface area contributed by atoms with E-state index < -0.39 is 15.8 Å². The van der Waals surface area contributed by atoms with E-state index in [0.717, 1.165) is 0 Å². The average molecular weight is 317 g/mol. The largest absolute Gasteiger partial charge is 0.487 e. The molecular formula is C15H11NO5S. The number of hydrogen-bond acceptors (Lipinski definition) is 5. The molecule has 0 amide bonds. The van der Waals surface area contributed by atoms with E-state index in [1.165, 1.54) is 24.4 Å². The summed E-state index contributed by atoms with van der Waals surface area (Å²) in [5, 5.41) is 9.15. The van der Waals surface area contributed by atoms with Gasteiger partial charge in [-0.1, -0.05) is 12.1 Å². The number of carboxylic acid groups (broad SMARTS) is 1. The zero-order chi connectivity index (χ0) is 15.7. The van der Waals surface area contributed by atoms with Crippen LogP contribution in [0.4, 0.5) is 0 Å². The molecule has 6 nitrogen and oxygen atoms in total. The molecule has 3 rings (SSSR count). The number of aromatic carboxylic acids is 1. The number of carboxylic acids is 1. The first-order valence-electron chi connectivity index (χ1n) is 6.35. The molecule has 0 radical (unpaired) electrons. The van der Waals surface area contributed by atoms with E-state index in [4.69, 9.17) is 9.84 Å². The maximum absolute atomic E-state index is 12.5. The summed E-state index contributed by atoms with van der Waals surface area (Å²) in [6, 6.07) is 7.68. The highest BCUT2D eigenvalue weighted by Crippen LogP contribution is 2.35. The van der Waals surface area contributed by atoms with E-state index in [0.29, 0.717) is 11.3 Å². The Morgan fingerprint density at radius 2 is 2.05 bits per heavy atom. The van der Waals surface area contributed by atoms with E-state index in [1.807, 2.05) is 0 Å². The molecule has 7 heteroatoms. The van der Waals surface area contributed by atoms with Gasteiger partial charge < -0.3 is 9.84 Å². The Balaban J connectivity index is 1.93. The molecule has 2 aromatic rings. The fourth-order valence-corrected chi connectivity index (χ4v) is 3.87. The molecule has 1 aliphatic rings. The lowest BCUT2D eigenvalue weighted by Gasteiger charge is -2.08. The lowest BCUT2D eigenvalue weighted by atomic mass is 10.1. The van der Waals surface area contributed by atoms with Gasteiger partial charge in [0.15, 0.2) is 0 Å². The molecule has 0 fully saturated rings. The molecule has 0 spiro atoms. The van der Waals surface area contributed by atoms with Crippen molar-refractivity contribution in [2.24, 2.45) is 0 Å². The van der Waals surface area contributed by atoms with Gasteiger partial charge in [-0.05, 0) is 29.8 Å². The first-order valence-corrected chi connectivity index (χ1v) is 7.83. The number of pyridine rings is 1. The first-order chi connectivity index (χ1) is 10.5. The quantitative estimate of drug-likeness (QED) is 0.927. The smallest absolute Gasteiger partial charge is 0.337 e. The van der Waals surface area contributed by atoms with Crippen LogP contribution in [0.25, 0.3) is 6.08 Å². The Labute approximate surface area is 126 Å². The molecule has 1 aliphatic heterocycles. The summed E-state index contributed by atoms with van der Waals surface area (Å²) in [5.74, 6) is -0.837. The molecule has 112 valence electrons. The van der Waals surface area contributed by atoms with Crippen LogP contribution in [0.1, 0.15) is 15.9 Å². The molecule has 22 heavy (non-hydrogen) atoms. The zero-order valence-electron chi connectivity index (χ0n) is 11.3. The minimum atomic E-state index is -3.86. The summed E-state index contributed by atoms with van der Waals surface area (Å²) in [6.07, 6.45) is 4.48. The van der Waals surface area contributed by atoms with Crippen LogP contribution in [0.15, 0.2) is 52.5 Å². The van der Waals surface area contributed by atoms with Gasteiger partial charge in [0.05, 0.1) is 21.6 Å². The van der Waals surface area contributed by atoms with Gasteiger partial charge in [-0.2, -0.15) is 0 Å². The second-order valence-corrected chi connectivity index (χ2v) is 6.56. The molecule has 1 aromatic carbocycles. The number of ether oxygens (including phenoxy) is 1. The van der Waals surface area contributed by atoms with Crippen LogP contribution in [0, 0.1) is 0 Å². The van der Waals surface area contributed by atoms with E-state index in [9.17, 15) is 13.2 Å². The van der Waals surface area contributed by atoms with Gasteiger partial charge in [-0.3, -0.25) is 4.98 Å². The van der Waals surface area contributed by atoms with Crippen molar-refractivity contribution in [1.29, 1.82) is 0 Å². The monoisotopic (exact) mass is 317 g/mol. The molecular weight excluding hydrogens is 306 g/mol. The van der Waals surface area contributed by atoms with Crippen LogP contribution in [-0.4, -0.2) is 31.1 Å². The number of benzene rings is 1. The maximum atomic E-state index is 12.5. The summed E-state index contributed by atoms with van der Waals surface area (Å²) < 4.78 is 30.4. The molecule has 0 saturated heterocycles. The third kappa shape index (κ3) is 2.35. The molecule has 1 N–H and O–H groups in total. The Morgan fingerprint density at radius 1 is 1.23 bits per heavy atom. The predicted molar refractivity (Wildman–Crippen MR) is 78.3 cm³/mol. The number of fused-ring (bicyclic) bond motifs is 1. The summed E-state index contributed by atoms with van der Waals surface area (Å²) in [4.78, 5) is 14.9. The zero-order valence-corrected chi connectivity index (χ0v) is 12.1. The highest BCUT2D eigenvalue weighted by molar-refractivity contribution is 7.96. The van der Waals surface area contributed by atoms with Crippen molar-refractivity contribution < 1.29 is 23.1 Å². The molecule has 0 atom stereocenters. The van der Waals surface area contributed by atoms with Crippen molar-refractivity contribution in [2.45, 2.75) is 4.90 Å². The number of carbonyl (C=O) groups is 1. The third-order valence-electron chi connectivity index (χ3n) is 3.22. The van der Waals surface area contributed by atoms with E-state index in [-0.39, 0.29) is 22.0 Å². The van der Waals surface area contributed by atoms with Crippen LogP contribution in [0.3, 0.4) is 0 Å². The first kappa shape index (κ1) is 14.3. The Hall–Kier alpha value is -2.67. The van der Waals surface area contributed by atoms with Crippen LogP contribution >= 0.6 is 0 Å². The van der Waals surface area contributed by atoms with Crippen LogP contribution in [-0.2, 0) is 9.84 Å². The standard InChI is InChI=1S/C15H11NO5S/c17-15(18)13-5-1-3-10-7-12(22(19,20)14(10)13)9-21-11-4-2-6-16-8-11/h1-8H,9H2,(H,17,18). The summed E-state index contributed by atoms with van der Waals surface area (Å²) >= 11 is 0. The van der Waals surface area contributed by atoms with Crippen molar-refractivity contribution in [3.05, 3.63) is 58.8 Å². The Morgan fingerprint density at radius 3 is 2.73 bits per heavy atom. The van der Waals surface area contributed by atoms with Gasteiger partial charge in [0.2, 0.25) is 9.84 Å². The van der Waals surface area contributed by atoms with Crippen molar-refractivity contribution in [2.75, 3.05) is 6.61 Å². The average Bonchev–Trinajstić information content (AvgIpc) is 2.77. The van der Waals surface area contributed by atoms with E-state index in [2.05, 4.69) is 4.98 Å². The third-order valence-corrected chi connectivity index (χ3v) is 5.14. The number of nitrogens with zero attached hydrogens (tertiary/aromatic N) is 1. The molecule has 2 heterocycles. The summed E-state index contributed by atoms with van der Waals surface area (Å²) in [6.45, 7) is -0.179. The SMILES string of the molecule is O=C(O)c1cccc2c1S(=O)(=O)C(COc1cccnc1)=C2. The van der Waals surface area contributed by atoms with Gasteiger partial charge in [0.25, 0.3) is 0 Å². The normalized spacial score (nSPS) is 15.0. The molecule has 1 aromatic heterocycles. The lowest BCUT2D eigenvalue weighted by Crippen LogP contribution is -2.12. The van der Waals surface area contributed by atoms with Gasteiger partial charge in [0.1, 0.15) is 12.4 Å². The minimum Gasteiger partial charge on any atom is -0.487 e. The van der Waals surface area contributed by atoms with Gasteiger partial charge >= 0.3 is 5.97 Å². The van der Waals surface area contributed by atoms with Crippen LogP contribution < -0.4 is 4.74 Å². The highest BCUT2D eigenvalue weighted by Gasteiger charge is 2.34. The number of aromatic nitrogens is 1. The number of hydrogen-bond donors (Lipinski definition) is 1. The topological polar surface area (TPSA) is 93.6 Å². The van der Waals surface area contributed by atoms with Gasteiger partial charge in [-0.15, -0.1) is 0 Å². The number of rotatable bonds is 4. The number of sulfone groups is 1. The van der Waals surface area contributed by atoms with Gasteiger partial charge in [0, 0.05) is 6.20 Å². The van der Waals surface area contributed by atoms with Crippen LogP contribution in [0.2, 0.25) is 0 Å². The van der Waals surface area contributed by atoms with Crippen molar-refractivity contribution in [3.63, 3.8) is 0 Å². The van der Waals surface area contributed by atoms with Crippen LogP contribution in [0.5, 0.6) is 5.75 Å². The summed E-state index contributed by atoms with van der Waals surface area (Å²) in [7, 11) is -3.86. The lowest BCUT2D eigenvalue weighted by molar-refractivity contribution is 0.0692. The summed E-state index contributed by atoms with van der Waals surface area (Å²) in [5.41, 5.74) is 0.134. The Bertz CT molecular complexity index is 872. The molecule has 0 unspecified atom stereocenters. The predicted octanol–water partition coefficient (Wildman–Crippen LogP) is 1.99. The fourth-order valence-electron chi connectivity index (χ4n) is 2.23. The fraction of sp³-hybridized carbons (Fsp3) is 0.0667.